The fraction of sp³-hybridized carbons (Fsp3) is 0.552. The number of carbonyl (C=O) groups is 1. The third-order valence-electron chi connectivity index (χ3n) is 7.58. The molecule has 0 N–H and O–H groups in total. The number of likely N-dealkylation sites (tertiary alicyclic amines) is 1. The van der Waals surface area contributed by atoms with Gasteiger partial charge in [0.15, 0.2) is 11.5 Å². The first-order valence-corrected chi connectivity index (χ1v) is 13.0. The largest absolute Gasteiger partial charge is 0.497 e. The molecule has 0 bridgehead atoms. The van der Waals surface area contributed by atoms with Gasteiger partial charge in [-0.15, -0.1) is 12.4 Å². The van der Waals surface area contributed by atoms with Gasteiger partial charge in [0.05, 0.1) is 21.3 Å². The summed E-state index contributed by atoms with van der Waals surface area (Å²) in [6, 6.07) is 12.8. The number of unbranched alkanes of at least 4 members (excludes halogenated alkanes) is 1. The molecule has 2 aliphatic heterocycles. The Labute approximate surface area is 222 Å². The van der Waals surface area contributed by atoms with Gasteiger partial charge < -0.3 is 24.0 Å². The Morgan fingerprint density at radius 3 is 2.36 bits per heavy atom. The monoisotopic (exact) mass is 516 g/mol. The van der Waals surface area contributed by atoms with Gasteiger partial charge in [0.25, 0.3) is 5.91 Å². The first-order valence-electron chi connectivity index (χ1n) is 13.0. The molecule has 0 spiro atoms. The molecule has 2 aromatic carbocycles. The van der Waals surface area contributed by atoms with Crippen molar-refractivity contribution in [3.8, 4) is 17.2 Å². The SMILES string of the molecule is COc1ccc(CCCCN2CCCCC2CCN2CCc3cc(OC)c(OC)cc3C2=O)cc1.Cl. The van der Waals surface area contributed by atoms with Gasteiger partial charge in [0.1, 0.15) is 5.75 Å². The highest BCUT2D eigenvalue weighted by molar-refractivity contribution is 5.97. The molecule has 2 aliphatic rings. The summed E-state index contributed by atoms with van der Waals surface area (Å²) in [6.45, 7) is 3.92. The van der Waals surface area contributed by atoms with Crippen LogP contribution in [0.5, 0.6) is 17.2 Å². The molecule has 1 fully saturated rings. The topological polar surface area (TPSA) is 51.2 Å². The molecule has 7 heteroatoms. The van der Waals surface area contributed by atoms with Crippen LogP contribution in [-0.2, 0) is 12.8 Å². The van der Waals surface area contributed by atoms with Gasteiger partial charge >= 0.3 is 0 Å². The number of ether oxygens (including phenoxy) is 3. The maximum atomic E-state index is 13.2. The Morgan fingerprint density at radius 2 is 1.64 bits per heavy atom. The number of amides is 1. The van der Waals surface area contributed by atoms with Crippen molar-refractivity contribution in [3.63, 3.8) is 0 Å². The number of piperidine rings is 1. The summed E-state index contributed by atoms with van der Waals surface area (Å²) < 4.78 is 16.1. The van der Waals surface area contributed by atoms with Crippen molar-refractivity contribution in [2.24, 2.45) is 0 Å². The van der Waals surface area contributed by atoms with E-state index in [1.165, 1.54) is 44.2 Å². The number of nitrogens with zero attached hydrogens (tertiary/aromatic N) is 2. The van der Waals surface area contributed by atoms with E-state index in [1.807, 2.05) is 29.2 Å². The van der Waals surface area contributed by atoms with Crippen LogP contribution in [0.4, 0.5) is 0 Å². The summed E-state index contributed by atoms with van der Waals surface area (Å²) in [4.78, 5) is 17.9. The Bertz CT molecular complexity index is 982. The van der Waals surface area contributed by atoms with E-state index >= 15 is 0 Å². The molecule has 36 heavy (non-hydrogen) atoms. The van der Waals surface area contributed by atoms with E-state index in [-0.39, 0.29) is 18.3 Å². The fourth-order valence-corrected chi connectivity index (χ4v) is 5.49. The van der Waals surface area contributed by atoms with E-state index in [9.17, 15) is 4.79 Å². The highest BCUT2D eigenvalue weighted by Gasteiger charge is 2.28. The number of fused-ring (bicyclic) bond motifs is 1. The normalized spacial score (nSPS) is 17.8. The van der Waals surface area contributed by atoms with Crippen LogP contribution in [0, 0.1) is 0 Å². The van der Waals surface area contributed by atoms with E-state index in [0.717, 1.165) is 55.8 Å². The summed E-state index contributed by atoms with van der Waals surface area (Å²) in [5.41, 5.74) is 3.19. The minimum atomic E-state index is 0. The quantitative estimate of drug-likeness (QED) is 0.374. The predicted molar refractivity (Wildman–Crippen MR) is 146 cm³/mol. The van der Waals surface area contributed by atoms with Crippen molar-refractivity contribution >= 4 is 18.3 Å². The lowest BCUT2D eigenvalue weighted by molar-refractivity contribution is 0.0696. The summed E-state index contributed by atoms with van der Waals surface area (Å²) in [5.74, 6) is 2.35. The fourth-order valence-electron chi connectivity index (χ4n) is 5.49. The van der Waals surface area contributed by atoms with Crippen LogP contribution in [0.25, 0.3) is 0 Å². The number of methoxy groups -OCH3 is 3. The molecule has 198 valence electrons. The van der Waals surface area contributed by atoms with Crippen LogP contribution in [-0.4, -0.2) is 69.3 Å². The average Bonchev–Trinajstić information content (AvgIpc) is 2.91. The second-order valence-electron chi connectivity index (χ2n) is 9.69. The summed E-state index contributed by atoms with van der Waals surface area (Å²) in [6.07, 6.45) is 9.24. The number of carbonyl (C=O) groups excluding carboxylic acids is 1. The molecule has 1 saturated heterocycles. The van der Waals surface area contributed by atoms with Gasteiger partial charge in [-0.25, -0.2) is 0 Å². The summed E-state index contributed by atoms with van der Waals surface area (Å²) in [7, 11) is 4.96. The van der Waals surface area contributed by atoms with Gasteiger partial charge in [0, 0.05) is 24.7 Å². The number of hydrogen-bond acceptors (Lipinski definition) is 5. The molecule has 2 aromatic rings. The van der Waals surface area contributed by atoms with Crippen molar-refractivity contribution in [2.45, 2.75) is 57.4 Å². The van der Waals surface area contributed by atoms with Gasteiger partial charge in [-0.2, -0.15) is 0 Å². The number of halogens is 1. The molecule has 1 unspecified atom stereocenters. The van der Waals surface area contributed by atoms with Gasteiger partial charge in [-0.05, 0) is 93.4 Å². The Balaban J connectivity index is 0.00000361. The van der Waals surface area contributed by atoms with E-state index in [0.29, 0.717) is 17.5 Å². The van der Waals surface area contributed by atoms with Crippen molar-refractivity contribution in [1.29, 1.82) is 0 Å². The van der Waals surface area contributed by atoms with E-state index < -0.39 is 0 Å². The minimum absolute atomic E-state index is 0. The maximum Gasteiger partial charge on any atom is 0.254 e. The maximum absolute atomic E-state index is 13.2. The minimum Gasteiger partial charge on any atom is -0.497 e. The van der Waals surface area contributed by atoms with E-state index in [4.69, 9.17) is 14.2 Å². The standard InChI is InChI=1S/C29H40N2O4.ClH/c1-33-25-12-10-22(11-13-25)8-4-6-16-30-17-7-5-9-24(30)15-19-31-18-14-23-20-27(34-2)28(35-3)21-26(23)29(31)32;/h10-13,20-21,24H,4-9,14-19H2,1-3H3;1H. The molecule has 1 amide bonds. The zero-order valence-corrected chi connectivity index (χ0v) is 22.8. The first-order chi connectivity index (χ1) is 17.1. The number of rotatable bonds is 11. The van der Waals surface area contributed by atoms with Crippen LogP contribution in [0.2, 0.25) is 0 Å². The Kier molecular flexibility index (Phi) is 10.7. The van der Waals surface area contributed by atoms with Crippen molar-refractivity contribution < 1.29 is 19.0 Å². The lowest BCUT2D eigenvalue weighted by Gasteiger charge is -2.38. The molecular weight excluding hydrogens is 476 g/mol. The highest BCUT2D eigenvalue weighted by atomic mass is 35.5. The molecule has 1 atom stereocenters. The molecule has 4 rings (SSSR count). The third-order valence-corrected chi connectivity index (χ3v) is 7.58. The summed E-state index contributed by atoms with van der Waals surface area (Å²) in [5, 5.41) is 0. The number of benzene rings is 2. The predicted octanol–water partition coefficient (Wildman–Crippen LogP) is 5.40. The van der Waals surface area contributed by atoms with E-state index in [1.54, 1.807) is 21.3 Å². The number of hydrogen-bond donors (Lipinski definition) is 0. The smallest absolute Gasteiger partial charge is 0.254 e. The third kappa shape index (κ3) is 6.86. The van der Waals surface area contributed by atoms with Crippen LogP contribution in [0.1, 0.15) is 60.0 Å². The van der Waals surface area contributed by atoms with Gasteiger partial charge in [-0.3, -0.25) is 4.79 Å². The van der Waals surface area contributed by atoms with Crippen LogP contribution in [0.15, 0.2) is 36.4 Å². The molecule has 0 aliphatic carbocycles. The second kappa shape index (κ2) is 13.8. The van der Waals surface area contributed by atoms with Gasteiger partial charge in [0.2, 0.25) is 0 Å². The lowest BCUT2D eigenvalue weighted by atomic mass is 9.95. The zero-order valence-electron chi connectivity index (χ0n) is 22.0. The molecule has 0 aromatic heterocycles. The van der Waals surface area contributed by atoms with Crippen LogP contribution >= 0.6 is 12.4 Å². The lowest BCUT2D eigenvalue weighted by Crippen LogP contribution is -2.44. The molecule has 6 nitrogen and oxygen atoms in total. The molecule has 2 heterocycles. The second-order valence-corrected chi connectivity index (χ2v) is 9.69. The summed E-state index contributed by atoms with van der Waals surface area (Å²) >= 11 is 0. The van der Waals surface area contributed by atoms with Crippen molar-refractivity contribution in [3.05, 3.63) is 53.1 Å². The van der Waals surface area contributed by atoms with Crippen LogP contribution in [0.3, 0.4) is 0 Å². The first kappa shape index (κ1) is 28.1. The average molecular weight is 517 g/mol. The molecule has 0 radical (unpaired) electrons. The molecule has 0 saturated carbocycles. The van der Waals surface area contributed by atoms with E-state index in [2.05, 4.69) is 17.0 Å². The van der Waals surface area contributed by atoms with Gasteiger partial charge in [-0.1, -0.05) is 18.6 Å². The van der Waals surface area contributed by atoms with Crippen molar-refractivity contribution in [2.75, 3.05) is 47.5 Å². The number of aryl methyl sites for hydroxylation is 1. The molecular formula is C29H41ClN2O4. The Morgan fingerprint density at radius 1 is 0.889 bits per heavy atom. The highest BCUT2D eigenvalue weighted by Crippen LogP contribution is 2.33. The Hall–Kier alpha value is -2.44. The zero-order chi connectivity index (χ0) is 24.6. The van der Waals surface area contributed by atoms with Crippen molar-refractivity contribution in [1.82, 2.24) is 9.80 Å². The van der Waals surface area contributed by atoms with Crippen LogP contribution < -0.4 is 14.2 Å².